The molecule has 18 heavy (non-hydrogen) atoms. The average molecular weight is 260 g/mol. The third-order valence-corrected chi connectivity index (χ3v) is 3.69. The maximum absolute atomic E-state index is 12.3. The van der Waals surface area contributed by atoms with Gasteiger partial charge in [0.25, 0.3) is 0 Å². The highest BCUT2D eigenvalue weighted by Crippen LogP contribution is 2.18. The molecule has 0 amide bonds. The second-order valence-corrected chi connectivity index (χ2v) is 5.26. The fourth-order valence-electron chi connectivity index (χ4n) is 1.77. The summed E-state index contributed by atoms with van der Waals surface area (Å²) >= 11 is 1.50. The summed E-state index contributed by atoms with van der Waals surface area (Å²) in [6.07, 6.45) is 0.727. The minimum Gasteiger partial charge on any atom is -0.330 e. The number of thiazole rings is 1. The van der Waals surface area contributed by atoms with Gasteiger partial charge in [0.05, 0.1) is 5.01 Å². The van der Waals surface area contributed by atoms with Crippen molar-refractivity contribution in [1.82, 2.24) is 4.98 Å². The first-order chi connectivity index (χ1) is 8.61. The van der Waals surface area contributed by atoms with Crippen LogP contribution in [0.5, 0.6) is 0 Å². The summed E-state index contributed by atoms with van der Waals surface area (Å²) in [6, 6.07) is 5.89. The van der Waals surface area contributed by atoms with Crippen molar-refractivity contribution in [3.63, 3.8) is 0 Å². The van der Waals surface area contributed by atoms with Crippen molar-refractivity contribution in [2.45, 2.75) is 20.3 Å². The molecule has 3 nitrogen and oxygen atoms in total. The molecule has 0 unspecified atom stereocenters. The predicted octanol–water partition coefficient (Wildman–Crippen LogP) is 2.49. The molecule has 0 aliphatic rings. The number of nitrogens with zero attached hydrogens (tertiary/aromatic N) is 1. The molecular weight excluding hydrogens is 244 g/mol. The lowest BCUT2D eigenvalue weighted by molar-refractivity contribution is 0.103. The molecule has 2 aromatic rings. The van der Waals surface area contributed by atoms with Crippen LogP contribution < -0.4 is 5.73 Å². The number of carbonyl (C=O) groups is 1. The van der Waals surface area contributed by atoms with Crippen LogP contribution in [0.15, 0.2) is 23.6 Å². The van der Waals surface area contributed by atoms with Crippen molar-refractivity contribution < 1.29 is 4.79 Å². The molecule has 0 saturated heterocycles. The van der Waals surface area contributed by atoms with Gasteiger partial charge in [-0.05, 0) is 32.0 Å². The van der Waals surface area contributed by atoms with E-state index in [2.05, 4.69) is 4.98 Å². The van der Waals surface area contributed by atoms with Crippen molar-refractivity contribution in [2.24, 2.45) is 5.73 Å². The molecular formula is C14H16N2OS. The van der Waals surface area contributed by atoms with Crippen LogP contribution in [0.1, 0.15) is 32.2 Å². The standard InChI is InChI=1S/C14H16N2OS/c1-9-3-4-10(2)11(7-9)14(17)12-8-18-13(16-12)5-6-15/h3-4,7-8H,5-6,15H2,1-2H3. The number of carbonyl (C=O) groups excluding carboxylic acids is 1. The molecule has 4 heteroatoms. The largest absolute Gasteiger partial charge is 0.330 e. The molecule has 1 aromatic heterocycles. The molecule has 1 heterocycles. The number of rotatable bonds is 4. The Morgan fingerprint density at radius 3 is 2.89 bits per heavy atom. The Labute approximate surface area is 111 Å². The number of aromatic nitrogens is 1. The first-order valence-corrected chi connectivity index (χ1v) is 6.76. The van der Waals surface area contributed by atoms with Gasteiger partial charge in [-0.2, -0.15) is 0 Å². The zero-order chi connectivity index (χ0) is 13.1. The van der Waals surface area contributed by atoms with Crippen LogP contribution in [-0.2, 0) is 6.42 Å². The lowest BCUT2D eigenvalue weighted by Gasteiger charge is -2.04. The highest BCUT2D eigenvalue weighted by atomic mass is 32.1. The van der Waals surface area contributed by atoms with Gasteiger partial charge < -0.3 is 5.73 Å². The van der Waals surface area contributed by atoms with Crippen LogP contribution in [0.3, 0.4) is 0 Å². The normalized spacial score (nSPS) is 10.6. The average Bonchev–Trinajstić information content (AvgIpc) is 2.80. The molecule has 1 aromatic carbocycles. The summed E-state index contributed by atoms with van der Waals surface area (Å²) in [5.74, 6) is -0.00396. The molecule has 2 rings (SSSR count). The van der Waals surface area contributed by atoms with Gasteiger partial charge in [0.1, 0.15) is 5.69 Å². The summed E-state index contributed by atoms with van der Waals surface area (Å²) in [7, 11) is 0. The first-order valence-electron chi connectivity index (χ1n) is 5.88. The van der Waals surface area contributed by atoms with Gasteiger partial charge in [0, 0.05) is 17.4 Å². The second kappa shape index (κ2) is 5.42. The third kappa shape index (κ3) is 2.66. The van der Waals surface area contributed by atoms with Gasteiger partial charge in [-0.15, -0.1) is 11.3 Å². The molecule has 0 aliphatic carbocycles. The number of ketones is 1. The van der Waals surface area contributed by atoms with Gasteiger partial charge in [0.15, 0.2) is 0 Å². The van der Waals surface area contributed by atoms with E-state index < -0.39 is 0 Å². The van der Waals surface area contributed by atoms with E-state index in [1.807, 2.05) is 37.4 Å². The monoisotopic (exact) mass is 260 g/mol. The summed E-state index contributed by atoms with van der Waals surface area (Å²) in [5.41, 5.74) is 8.81. The zero-order valence-corrected chi connectivity index (χ0v) is 11.4. The Bertz CT molecular complexity index is 575. The Kier molecular flexibility index (Phi) is 3.89. The number of nitrogens with two attached hydrogens (primary N) is 1. The SMILES string of the molecule is Cc1ccc(C)c(C(=O)c2csc(CCN)n2)c1. The molecule has 0 radical (unpaired) electrons. The van der Waals surface area contributed by atoms with Crippen LogP contribution in [0, 0.1) is 13.8 Å². The summed E-state index contributed by atoms with van der Waals surface area (Å²) < 4.78 is 0. The van der Waals surface area contributed by atoms with Crippen LogP contribution in [0.2, 0.25) is 0 Å². The second-order valence-electron chi connectivity index (χ2n) is 4.31. The molecule has 2 N–H and O–H groups in total. The molecule has 0 atom stereocenters. The summed E-state index contributed by atoms with van der Waals surface area (Å²) in [6.45, 7) is 4.49. The quantitative estimate of drug-likeness (QED) is 0.859. The third-order valence-electron chi connectivity index (χ3n) is 2.78. The number of benzene rings is 1. The summed E-state index contributed by atoms with van der Waals surface area (Å²) in [5, 5.41) is 2.74. The zero-order valence-electron chi connectivity index (χ0n) is 10.6. The fourth-order valence-corrected chi connectivity index (χ4v) is 2.57. The Morgan fingerprint density at radius 1 is 1.39 bits per heavy atom. The van der Waals surface area contributed by atoms with Crippen molar-refractivity contribution in [3.05, 3.63) is 51.0 Å². The Balaban J connectivity index is 2.32. The fraction of sp³-hybridized carbons (Fsp3) is 0.286. The van der Waals surface area contributed by atoms with Gasteiger partial charge in [-0.1, -0.05) is 17.7 Å². The molecule has 94 valence electrons. The van der Waals surface area contributed by atoms with Crippen LogP contribution in [0.4, 0.5) is 0 Å². The molecule has 0 fully saturated rings. The highest BCUT2D eigenvalue weighted by molar-refractivity contribution is 7.09. The maximum Gasteiger partial charge on any atom is 0.212 e. The first kappa shape index (κ1) is 12.9. The van der Waals surface area contributed by atoms with Crippen molar-refractivity contribution in [3.8, 4) is 0 Å². The van der Waals surface area contributed by atoms with Gasteiger partial charge in [-0.25, -0.2) is 4.98 Å². The minimum atomic E-state index is -0.00396. The van der Waals surface area contributed by atoms with Gasteiger partial charge in [-0.3, -0.25) is 4.79 Å². The van der Waals surface area contributed by atoms with E-state index in [-0.39, 0.29) is 5.78 Å². The van der Waals surface area contributed by atoms with E-state index in [0.717, 1.165) is 28.1 Å². The van der Waals surface area contributed by atoms with Crippen molar-refractivity contribution >= 4 is 17.1 Å². The van der Waals surface area contributed by atoms with E-state index >= 15 is 0 Å². The topological polar surface area (TPSA) is 56.0 Å². The number of hydrogen-bond acceptors (Lipinski definition) is 4. The molecule has 0 spiro atoms. The van der Waals surface area contributed by atoms with Crippen molar-refractivity contribution in [2.75, 3.05) is 6.54 Å². The lowest BCUT2D eigenvalue weighted by Crippen LogP contribution is -2.06. The Hall–Kier alpha value is -1.52. The van der Waals surface area contributed by atoms with E-state index in [9.17, 15) is 4.79 Å². The number of aryl methyl sites for hydroxylation is 2. The van der Waals surface area contributed by atoms with Gasteiger partial charge in [0.2, 0.25) is 5.78 Å². The van der Waals surface area contributed by atoms with Crippen molar-refractivity contribution in [1.29, 1.82) is 0 Å². The Morgan fingerprint density at radius 2 is 2.17 bits per heavy atom. The molecule has 0 bridgehead atoms. The van der Waals surface area contributed by atoms with Gasteiger partial charge >= 0.3 is 0 Å². The lowest BCUT2D eigenvalue weighted by atomic mass is 10.0. The number of hydrogen-bond donors (Lipinski definition) is 1. The minimum absolute atomic E-state index is 0.00396. The van der Waals surface area contributed by atoms with Crippen LogP contribution in [-0.4, -0.2) is 17.3 Å². The molecule has 0 aliphatic heterocycles. The van der Waals surface area contributed by atoms with Crippen LogP contribution in [0.25, 0.3) is 0 Å². The van der Waals surface area contributed by atoms with E-state index in [1.165, 1.54) is 11.3 Å². The van der Waals surface area contributed by atoms with E-state index in [1.54, 1.807) is 0 Å². The van der Waals surface area contributed by atoms with Crippen LogP contribution >= 0.6 is 11.3 Å². The highest BCUT2D eigenvalue weighted by Gasteiger charge is 2.15. The summed E-state index contributed by atoms with van der Waals surface area (Å²) in [4.78, 5) is 16.7. The van der Waals surface area contributed by atoms with E-state index in [4.69, 9.17) is 5.73 Å². The maximum atomic E-state index is 12.3. The van der Waals surface area contributed by atoms with E-state index in [0.29, 0.717) is 12.2 Å². The predicted molar refractivity (Wildman–Crippen MR) is 74.2 cm³/mol. The smallest absolute Gasteiger partial charge is 0.212 e. The molecule has 0 saturated carbocycles.